The average molecular weight is 175 g/mol. The molecule has 0 spiro atoms. The highest BCUT2D eigenvalue weighted by Crippen LogP contribution is 2.04. The van der Waals surface area contributed by atoms with Crippen molar-refractivity contribution in [2.45, 2.75) is 13.5 Å². The summed E-state index contributed by atoms with van der Waals surface area (Å²) >= 11 is 0. The van der Waals surface area contributed by atoms with Gasteiger partial charge in [0.15, 0.2) is 0 Å². The third-order valence-electron chi connectivity index (χ3n) is 2.05. The number of hydrogen-bond donors (Lipinski definition) is 1. The minimum Gasteiger partial charge on any atom is -0.311 e. The van der Waals surface area contributed by atoms with Crippen LogP contribution in [0.5, 0.6) is 0 Å². The fourth-order valence-electron chi connectivity index (χ4n) is 1.37. The van der Waals surface area contributed by atoms with Gasteiger partial charge in [-0.15, -0.1) is 0 Å². The van der Waals surface area contributed by atoms with Gasteiger partial charge in [0.1, 0.15) is 5.65 Å². The van der Waals surface area contributed by atoms with Crippen LogP contribution in [0.2, 0.25) is 0 Å². The Balaban J connectivity index is 2.35. The maximum Gasteiger partial charge on any atom is 0.136 e. The van der Waals surface area contributed by atoms with Gasteiger partial charge >= 0.3 is 0 Å². The lowest BCUT2D eigenvalue weighted by Crippen LogP contribution is -2.13. The van der Waals surface area contributed by atoms with E-state index in [0.717, 1.165) is 18.7 Å². The van der Waals surface area contributed by atoms with Crippen LogP contribution in [0.1, 0.15) is 12.6 Å². The van der Waals surface area contributed by atoms with Crippen LogP contribution in [-0.4, -0.2) is 15.9 Å². The maximum atomic E-state index is 4.29. The van der Waals surface area contributed by atoms with Crippen LogP contribution in [-0.2, 0) is 6.54 Å². The summed E-state index contributed by atoms with van der Waals surface area (Å²) in [5.74, 6) is 0. The van der Waals surface area contributed by atoms with Crippen molar-refractivity contribution in [3.05, 3.63) is 36.3 Å². The second-order valence-corrected chi connectivity index (χ2v) is 2.96. The molecule has 2 aromatic rings. The van der Waals surface area contributed by atoms with Crippen LogP contribution < -0.4 is 5.32 Å². The molecule has 1 N–H and O–H groups in total. The Hall–Kier alpha value is -1.35. The van der Waals surface area contributed by atoms with Crippen LogP contribution in [0.3, 0.4) is 0 Å². The van der Waals surface area contributed by atoms with Crippen molar-refractivity contribution in [2.24, 2.45) is 0 Å². The lowest BCUT2D eigenvalue weighted by Gasteiger charge is -2.00. The molecular formula is C10H13N3. The summed E-state index contributed by atoms with van der Waals surface area (Å²) in [6.07, 6.45) is 3.95. The number of pyridine rings is 1. The predicted octanol–water partition coefficient (Wildman–Crippen LogP) is 1.44. The molecule has 0 aliphatic rings. The number of imidazole rings is 1. The standard InChI is InChI=1S/C10H13N3/c1-2-11-7-9-8-12-10-5-3-4-6-13(9)10/h3-6,8,11H,2,7H2,1H3. The van der Waals surface area contributed by atoms with Crippen molar-refractivity contribution in [1.29, 1.82) is 0 Å². The third-order valence-corrected chi connectivity index (χ3v) is 2.05. The van der Waals surface area contributed by atoms with Crippen LogP contribution in [0.15, 0.2) is 30.6 Å². The van der Waals surface area contributed by atoms with Gasteiger partial charge in [0.2, 0.25) is 0 Å². The molecule has 68 valence electrons. The molecule has 3 heteroatoms. The SMILES string of the molecule is CCNCc1cnc2ccccn12. The van der Waals surface area contributed by atoms with Crippen molar-refractivity contribution in [3.63, 3.8) is 0 Å². The summed E-state index contributed by atoms with van der Waals surface area (Å²) in [5, 5.41) is 3.28. The lowest BCUT2D eigenvalue weighted by molar-refractivity contribution is 0.706. The lowest BCUT2D eigenvalue weighted by atomic mass is 10.4. The highest BCUT2D eigenvalue weighted by atomic mass is 15.0. The molecule has 0 aliphatic heterocycles. The summed E-state index contributed by atoms with van der Waals surface area (Å²) < 4.78 is 2.10. The number of rotatable bonds is 3. The van der Waals surface area contributed by atoms with E-state index in [1.807, 2.05) is 30.6 Å². The van der Waals surface area contributed by atoms with E-state index in [1.54, 1.807) is 0 Å². The van der Waals surface area contributed by atoms with Gasteiger partial charge in [-0.05, 0) is 18.7 Å². The smallest absolute Gasteiger partial charge is 0.136 e. The Bertz CT molecular complexity index is 392. The first-order valence-corrected chi connectivity index (χ1v) is 4.53. The summed E-state index contributed by atoms with van der Waals surface area (Å²) in [5.41, 5.74) is 2.22. The van der Waals surface area contributed by atoms with Crippen molar-refractivity contribution in [3.8, 4) is 0 Å². The molecule has 0 amide bonds. The molecule has 0 radical (unpaired) electrons. The fraction of sp³-hybridized carbons (Fsp3) is 0.300. The van der Waals surface area contributed by atoms with Gasteiger partial charge in [-0.25, -0.2) is 4.98 Å². The largest absolute Gasteiger partial charge is 0.311 e. The molecule has 0 bridgehead atoms. The molecule has 0 saturated carbocycles. The monoisotopic (exact) mass is 175 g/mol. The summed E-state index contributed by atoms with van der Waals surface area (Å²) in [6.45, 7) is 3.96. The average Bonchev–Trinajstić information content (AvgIpc) is 2.58. The first-order chi connectivity index (χ1) is 6.42. The summed E-state index contributed by atoms with van der Waals surface area (Å²) in [4.78, 5) is 4.29. The Labute approximate surface area is 77.4 Å². The molecule has 2 heterocycles. The zero-order valence-electron chi connectivity index (χ0n) is 7.70. The molecule has 0 unspecified atom stereocenters. The highest BCUT2D eigenvalue weighted by Gasteiger charge is 1.99. The van der Waals surface area contributed by atoms with Gasteiger partial charge in [-0.1, -0.05) is 13.0 Å². The second-order valence-electron chi connectivity index (χ2n) is 2.96. The van der Waals surface area contributed by atoms with Crippen molar-refractivity contribution in [1.82, 2.24) is 14.7 Å². The molecule has 0 aromatic carbocycles. The Morgan fingerprint density at radius 3 is 3.23 bits per heavy atom. The van der Waals surface area contributed by atoms with E-state index < -0.39 is 0 Å². The molecule has 2 aromatic heterocycles. The van der Waals surface area contributed by atoms with Crippen LogP contribution in [0, 0.1) is 0 Å². The van der Waals surface area contributed by atoms with Crippen LogP contribution >= 0.6 is 0 Å². The fourth-order valence-corrected chi connectivity index (χ4v) is 1.37. The van der Waals surface area contributed by atoms with E-state index in [2.05, 4.69) is 21.6 Å². The Morgan fingerprint density at radius 1 is 1.46 bits per heavy atom. The maximum absolute atomic E-state index is 4.29. The van der Waals surface area contributed by atoms with Crippen molar-refractivity contribution < 1.29 is 0 Å². The van der Waals surface area contributed by atoms with Gasteiger partial charge in [0.25, 0.3) is 0 Å². The summed E-state index contributed by atoms with van der Waals surface area (Å²) in [6, 6.07) is 6.03. The van der Waals surface area contributed by atoms with Gasteiger partial charge < -0.3 is 9.72 Å². The summed E-state index contributed by atoms with van der Waals surface area (Å²) in [7, 11) is 0. The minimum atomic E-state index is 0.877. The van der Waals surface area contributed by atoms with E-state index in [-0.39, 0.29) is 0 Å². The van der Waals surface area contributed by atoms with Crippen LogP contribution in [0.4, 0.5) is 0 Å². The molecule has 3 nitrogen and oxygen atoms in total. The highest BCUT2D eigenvalue weighted by molar-refractivity contribution is 5.39. The van der Waals surface area contributed by atoms with Gasteiger partial charge in [-0.2, -0.15) is 0 Å². The molecule has 0 atom stereocenters. The Morgan fingerprint density at radius 2 is 2.38 bits per heavy atom. The quantitative estimate of drug-likeness (QED) is 0.765. The van der Waals surface area contributed by atoms with Gasteiger partial charge in [0, 0.05) is 12.7 Å². The van der Waals surface area contributed by atoms with Crippen molar-refractivity contribution in [2.75, 3.05) is 6.54 Å². The topological polar surface area (TPSA) is 29.3 Å². The molecule has 13 heavy (non-hydrogen) atoms. The van der Waals surface area contributed by atoms with Crippen molar-refractivity contribution >= 4 is 5.65 Å². The number of hydrogen-bond acceptors (Lipinski definition) is 2. The third kappa shape index (κ3) is 1.55. The van der Waals surface area contributed by atoms with Gasteiger partial charge in [0.05, 0.1) is 11.9 Å². The molecule has 0 aliphatic carbocycles. The normalized spacial score (nSPS) is 10.8. The number of aromatic nitrogens is 2. The number of fused-ring (bicyclic) bond motifs is 1. The molecule has 2 rings (SSSR count). The minimum absolute atomic E-state index is 0.877. The first-order valence-electron chi connectivity index (χ1n) is 4.53. The first kappa shape index (κ1) is 8.26. The number of nitrogens with one attached hydrogen (secondary N) is 1. The predicted molar refractivity (Wildman–Crippen MR) is 52.6 cm³/mol. The van der Waals surface area contributed by atoms with Gasteiger partial charge in [-0.3, -0.25) is 0 Å². The van der Waals surface area contributed by atoms with Crippen LogP contribution in [0.25, 0.3) is 5.65 Å². The zero-order chi connectivity index (χ0) is 9.10. The van der Waals surface area contributed by atoms with E-state index >= 15 is 0 Å². The number of nitrogens with zero attached hydrogens (tertiary/aromatic N) is 2. The molecule has 0 fully saturated rings. The van der Waals surface area contributed by atoms with E-state index in [9.17, 15) is 0 Å². The zero-order valence-corrected chi connectivity index (χ0v) is 7.70. The Kier molecular flexibility index (Phi) is 2.27. The molecular weight excluding hydrogens is 162 g/mol. The van der Waals surface area contributed by atoms with E-state index in [4.69, 9.17) is 0 Å². The second kappa shape index (κ2) is 3.58. The van der Waals surface area contributed by atoms with E-state index in [1.165, 1.54) is 5.69 Å². The molecule has 0 saturated heterocycles. The van der Waals surface area contributed by atoms with E-state index in [0.29, 0.717) is 0 Å².